The van der Waals surface area contributed by atoms with Crippen molar-refractivity contribution in [1.29, 1.82) is 0 Å². The predicted molar refractivity (Wildman–Crippen MR) is 174 cm³/mol. The minimum atomic E-state index is -0.988. The van der Waals surface area contributed by atoms with E-state index in [4.69, 9.17) is 4.98 Å². The van der Waals surface area contributed by atoms with Crippen LogP contribution in [-0.2, 0) is 16.1 Å². The fourth-order valence-electron chi connectivity index (χ4n) is 5.86. The molecule has 238 valence electrons. The van der Waals surface area contributed by atoms with Gasteiger partial charge in [0.15, 0.2) is 17.3 Å². The SMILES string of the molecule is CCCCC(=O)Nc1cncc(-c2cnc3n[nH]c(-c4nc5c(-c6cc(F)cc(CN(CC)C7C(=O)C7O)c6)cncc5[nH]4)c3c2)c1. The van der Waals surface area contributed by atoms with Crippen molar-refractivity contribution in [3.8, 4) is 33.8 Å². The first-order valence-electron chi connectivity index (χ1n) is 15.5. The van der Waals surface area contributed by atoms with Crippen molar-refractivity contribution in [1.82, 2.24) is 40.0 Å². The molecule has 1 amide bonds. The summed E-state index contributed by atoms with van der Waals surface area (Å²) in [5.74, 6) is -0.198. The van der Waals surface area contributed by atoms with Crippen LogP contribution in [0.5, 0.6) is 0 Å². The number of nitrogens with zero attached hydrogens (tertiary/aromatic N) is 6. The maximum Gasteiger partial charge on any atom is 0.224 e. The van der Waals surface area contributed by atoms with E-state index in [1.807, 2.05) is 36.9 Å². The topological polar surface area (TPSA) is 166 Å². The number of anilines is 1. The zero-order chi connectivity index (χ0) is 32.7. The molecule has 1 aliphatic rings. The number of rotatable bonds is 11. The molecule has 12 nitrogen and oxygen atoms in total. The van der Waals surface area contributed by atoms with E-state index in [1.165, 1.54) is 12.1 Å². The van der Waals surface area contributed by atoms with E-state index in [-0.39, 0.29) is 11.7 Å². The molecule has 7 rings (SSSR count). The molecule has 0 bridgehead atoms. The van der Waals surface area contributed by atoms with Crippen molar-refractivity contribution in [2.45, 2.75) is 51.8 Å². The van der Waals surface area contributed by atoms with Crippen molar-refractivity contribution in [3.05, 3.63) is 72.7 Å². The molecular formula is C34H32FN9O3. The summed E-state index contributed by atoms with van der Waals surface area (Å²) in [4.78, 5) is 47.4. The number of aromatic amines is 2. The van der Waals surface area contributed by atoms with Crippen LogP contribution in [0.3, 0.4) is 0 Å². The molecular weight excluding hydrogens is 601 g/mol. The fourth-order valence-corrected chi connectivity index (χ4v) is 5.86. The number of aliphatic hydroxyl groups excluding tert-OH is 1. The normalized spacial score (nSPS) is 16.0. The maximum atomic E-state index is 14.9. The number of carbonyl (C=O) groups is 2. The standard InChI is InChI=1S/C34H32FN9O3/c1-3-5-6-27(45)39-23-10-20(12-36-14-23)21-11-24-29(42-43-33(24)38-13-21)34-40-26-16-37-15-25(28(26)41-34)19-7-18(8-22(35)9-19)17-44(4-2)30-31(46)32(30)47/h7-16,30-31,46H,3-6,17H2,1-2H3,(H,39,45)(H,40,41)(H,38,42,43). The number of carbonyl (C=O) groups excluding carboxylic acids is 2. The van der Waals surface area contributed by atoms with E-state index in [0.717, 1.165) is 29.4 Å². The summed E-state index contributed by atoms with van der Waals surface area (Å²) >= 11 is 0. The first-order chi connectivity index (χ1) is 22.8. The Morgan fingerprint density at radius 3 is 2.62 bits per heavy atom. The molecule has 2 atom stereocenters. The third kappa shape index (κ3) is 5.98. The Kier molecular flexibility index (Phi) is 8.00. The number of imidazole rings is 1. The smallest absolute Gasteiger partial charge is 0.224 e. The van der Waals surface area contributed by atoms with E-state index >= 15 is 0 Å². The molecule has 1 aliphatic carbocycles. The molecule has 1 fully saturated rings. The molecule has 0 aliphatic heterocycles. The van der Waals surface area contributed by atoms with Gasteiger partial charge in [-0.15, -0.1) is 0 Å². The van der Waals surface area contributed by atoms with E-state index in [9.17, 15) is 19.1 Å². The fraction of sp³-hybridized carbons (Fsp3) is 0.265. The summed E-state index contributed by atoms with van der Waals surface area (Å²) in [7, 11) is 0. The number of unbranched alkanes of at least 4 members (excludes halogenated alkanes) is 1. The largest absolute Gasteiger partial charge is 0.383 e. The average Bonchev–Trinajstić information content (AvgIpc) is 3.40. The summed E-state index contributed by atoms with van der Waals surface area (Å²) in [6.07, 6.45) is 9.54. The van der Waals surface area contributed by atoms with E-state index in [1.54, 1.807) is 31.0 Å². The van der Waals surface area contributed by atoms with Gasteiger partial charge in [-0.25, -0.2) is 14.4 Å². The highest BCUT2D eigenvalue weighted by Gasteiger charge is 2.51. The number of hydrogen-bond donors (Lipinski definition) is 4. The van der Waals surface area contributed by atoms with Gasteiger partial charge < -0.3 is 15.4 Å². The zero-order valence-electron chi connectivity index (χ0n) is 25.8. The van der Waals surface area contributed by atoms with Crippen LogP contribution in [0.15, 0.2) is 61.3 Å². The first kappa shape index (κ1) is 30.3. The van der Waals surface area contributed by atoms with Gasteiger partial charge in [-0.1, -0.05) is 20.3 Å². The number of halogens is 1. The number of H-pyrrole nitrogens is 2. The number of pyridine rings is 3. The number of nitrogens with one attached hydrogen (secondary N) is 3. The first-order valence-corrected chi connectivity index (χ1v) is 15.5. The number of amides is 1. The van der Waals surface area contributed by atoms with E-state index < -0.39 is 18.0 Å². The highest BCUT2D eigenvalue weighted by Crippen LogP contribution is 2.34. The quantitative estimate of drug-likeness (QED) is 0.153. The van der Waals surface area contributed by atoms with Crippen LogP contribution in [-0.4, -0.2) is 75.5 Å². The molecule has 6 aromatic rings. The second-order valence-corrected chi connectivity index (χ2v) is 11.7. The zero-order valence-corrected chi connectivity index (χ0v) is 25.8. The number of likely N-dealkylation sites (N-methyl/N-ethyl adjacent to an activating group) is 1. The Bertz CT molecular complexity index is 2140. The summed E-state index contributed by atoms with van der Waals surface area (Å²) in [5, 5.41) is 20.9. The van der Waals surface area contributed by atoms with E-state index in [2.05, 4.69) is 35.5 Å². The van der Waals surface area contributed by atoms with Gasteiger partial charge in [-0.05, 0) is 54.4 Å². The summed E-state index contributed by atoms with van der Waals surface area (Å²) in [6, 6.07) is 7.95. The van der Waals surface area contributed by atoms with Crippen LogP contribution in [0, 0.1) is 5.82 Å². The molecule has 47 heavy (non-hydrogen) atoms. The minimum absolute atomic E-state index is 0.0535. The van der Waals surface area contributed by atoms with Crippen LogP contribution in [0.25, 0.3) is 55.8 Å². The number of fused-ring (bicyclic) bond motifs is 2. The van der Waals surface area contributed by atoms with Crippen molar-refractivity contribution < 1.29 is 19.1 Å². The van der Waals surface area contributed by atoms with Crippen molar-refractivity contribution in [2.24, 2.45) is 0 Å². The van der Waals surface area contributed by atoms with Crippen molar-refractivity contribution in [2.75, 3.05) is 11.9 Å². The second kappa shape index (κ2) is 12.4. The highest BCUT2D eigenvalue weighted by atomic mass is 19.1. The maximum absolute atomic E-state index is 14.9. The lowest BCUT2D eigenvalue weighted by molar-refractivity contribution is -0.116. The number of aromatic nitrogens is 7. The lowest BCUT2D eigenvalue weighted by Crippen LogP contribution is -2.28. The van der Waals surface area contributed by atoms with Gasteiger partial charge in [-0.3, -0.25) is 29.6 Å². The second-order valence-electron chi connectivity index (χ2n) is 11.7. The Balaban J connectivity index is 1.21. The van der Waals surface area contributed by atoms with Crippen LogP contribution in [0.1, 0.15) is 38.7 Å². The Hall–Kier alpha value is -5.40. The van der Waals surface area contributed by atoms with Crippen LogP contribution in [0.4, 0.5) is 10.1 Å². The van der Waals surface area contributed by atoms with Crippen molar-refractivity contribution in [3.63, 3.8) is 0 Å². The molecule has 0 radical (unpaired) electrons. The summed E-state index contributed by atoms with van der Waals surface area (Å²) < 4.78 is 14.9. The third-order valence-electron chi connectivity index (χ3n) is 8.38. The number of Topliss-reactive ketones (excluding diaryl/α,β-unsaturated/α-hetero) is 1. The molecule has 1 aromatic carbocycles. The van der Waals surface area contributed by atoms with Crippen LogP contribution < -0.4 is 5.32 Å². The Labute approximate surface area is 268 Å². The number of ketones is 1. The number of aliphatic hydroxyl groups is 1. The Morgan fingerprint density at radius 2 is 1.83 bits per heavy atom. The Morgan fingerprint density at radius 1 is 1.02 bits per heavy atom. The van der Waals surface area contributed by atoms with Gasteiger partial charge in [0, 0.05) is 48.2 Å². The molecule has 1 saturated carbocycles. The molecule has 0 saturated heterocycles. The summed E-state index contributed by atoms with van der Waals surface area (Å²) in [5.41, 5.74) is 6.39. The van der Waals surface area contributed by atoms with Gasteiger partial charge in [0.2, 0.25) is 5.91 Å². The summed E-state index contributed by atoms with van der Waals surface area (Å²) in [6.45, 7) is 4.78. The van der Waals surface area contributed by atoms with Crippen LogP contribution >= 0.6 is 0 Å². The van der Waals surface area contributed by atoms with E-state index in [0.29, 0.717) is 70.1 Å². The molecule has 5 aromatic heterocycles. The average molecular weight is 634 g/mol. The molecule has 0 spiro atoms. The molecule has 2 unspecified atom stereocenters. The highest BCUT2D eigenvalue weighted by molar-refractivity contribution is 6.05. The third-order valence-corrected chi connectivity index (χ3v) is 8.38. The van der Waals surface area contributed by atoms with Crippen LogP contribution in [0.2, 0.25) is 0 Å². The van der Waals surface area contributed by atoms with Gasteiger partial charge >= 0.3 is 0 Å². The molecule has 5 heterocycles. The monoisotopic (exact) mass is 633 g/mol. The lowest BCUT2D eigenvalue weighted by atomic mass is 10.0. The van der Waals surface area contributed by atoms with Gasteiger partial charge in [0.05, 0.1) is 34.5 Å². The molecule has 13 heteroatoms. The molecule has 4 N–H and O–H groups in total. The minimum Gasteiger partial charge on any atom is -0.383 e. The van der Waals surface area contributed by atoms with Gasteiger partial charge in [0.1, 0.15) is 23.7 Å². The number of benzene rings is 1. The number of hydrogen-bond acceptors (Lipinski definition) is 9. The van der Waals surface area contributed by atoms with Gasteiger partial charge in [-0.2, -0.15) is 5.10 Å². The van der Waals surface area contributed by atoms with Crippen molar-refractivity contribution >= 4 is 39.4 Å². The van der Waals surface area contributed by atoms with Gasteiger partial charge in [0.25, 0.3) is 0 Å². The lowest BCUT2D eigenvalue weighted by Gasteiger charge is -2.19. The predicted octanol–water partition coefficient (Wildman–Crippen LogP) is 5.03.